The average Bonchev–Trinajstić information content (AvgIpc) is 3.43. The first kappa shape index (κ1) is 74.1. The Labute approximate surface area is 479 Å². The number of allylic oxidation sites excluding steroid dienone is 10. The summed E-state index contributed by atoms with van der Waals surface area (Å²) in [5.41, 5.74) is 0. The highest BCUT2D eigenvalue weighted by atomic mass is 16.6. The van der Waals surface area contributed by atoms with E-state index >= 15 is 0 Å². The quantitative estimate of drug-likeness (QED) is 0.0261. The molecule has 0 saturated carbocycles. The van der Waals surface area contributed by atoms with Crippen molar-refractivity contribution in [3.05, 3.63) is 60.8 Å². The van der Waals surface area contributed by atoms with Crippen LogP contribution in [0, 0.1) is 0 Å². The summed E-state index contributed by atoms with van der Waals surface area (Å²) < 4.78 is 16.9. The molecule has 0 fully saturated rings. The summed E-state index contributed by atoms with van der Waals surface area (Å²) in [5.74, 6) is -0.871. The van der Waals surface area contributed by atoms with Crippen LogP contribution in [0.15, 0.2) is 60.8 Å². The highest BCUT2D eigenvalue weighted by Gasteiger charge is 2.19. The second kappa shape index (κ2) is 65.6. The van der Waals surface area contributed by atoms with Gasteiger partial charge in [-0.25, -0.2) is 0 Å². The molecule has 6 nitrogen and oxygen atoms in total. The van der Waals surface area contributed by atoms with Crippen molar-refractivity contribution in [3.63, 3.8) is 0 Å². The largest absolute Gasteiger partial charge is 0.462 e. The Kier molecular flexibility index (Phi) is 63.2. The van der Waals surface area contributed by atoms with Gasteiger partial charge in [-0.05, 0) is 83.5 Å². The minimum absolute atomic E-state index is 0.0762. The van der Waals surface area contributed by atoms with Gasteiger partial charge in [-0.1, -0.05) is 313 Å². The molecule has 6 heteroatoms. The van der Waals surface area contributed by atoms with Gasteiger partial charge in [0.1, 0.15) is 13.2 Å². The summed E-state index contributed by atoms with van der Waals surface area (Å²) in [6.45, 7) is 6.61. The number of hydrogen-bond donors (Lipinski definition) is 0. The Morgan fingerprint density at radius 2 is 0.494 bits per heavy atom. The van der Waals surface area contributed by atoms with Crippen LogP contribution in [0.3, 0.4) is 0 Å². The van der Waals surface area contributed by atoms with E-state index < -0.39 is 6.10 Å². The van der Waals surface area contributed by atoms with Crippen molar-refractivity contribution in [1.82, 2.24) is 0 Å². The number of carbonyl (C=O) groups excluding carboxylic acids is 3. The minimum atomic E-state index is -0.780. The molecule has 1 atom stereocenters. The molecule has 0 rings (SSSR count). The van der Waals surface area contributed by atoms with Crippen LogP contribution in [0.5, 0.6) is 0 Å². The first-order valence-electron chi connectivity index (χ1n) is 33.8. The molecular formula is C71H128O6. The van der Waals surface area contributed by atoms with E-state index in [4.69, 9.17) is 14.2 Å². The molecule has 0 aromatic carbocycles. The maximum atomic E-state index is 12.9. The van der Waals surface area contributed by atoms with Crippen LogP contribution >= 0.6 is 0 Å². The van der Waals surface area contributed by atoms with E-state index in [-0.39, 0.29) is 31.1 Å². The molecule has 0 aliphatic rings. The van der Waals surface area contributed by atoms with E-state index in [2.05, 4.69) is 81.5 Å². The van der Waals surface area contributed by atoms with Gasteiger partial charge in [-0.2, -0.15) is 0 Å². The molecule has 77 heavy (non-hydrogen) atoms. The summed E-state index contributed by atoms with van der Waals surface area (Å²) in [6, 6.07) is 0. The van der Waals surface area contributed by atoms with Crippen molar-refractivity contribution in [2.45, 2.75) is 361 Å². The highest BCUT2D eigenvalue weighted by molar-refractivity contribution is 5.71. The maximum absolute atomic E-state index is 12.9. The van der Waals surface area contributed by atoms with E-state index in [1.54, 1.807) is 0 Å². The van der Waals surface area contributed by atoms with E-state index in [1.807, 2.05) is 0 Å². The number of ether oxygens (including phenoxy) is 3. The van der Waals surface area contributed by atoms with E-state index in [0.29, 0.717) is 19.3 Å². The van der Waals surface area contributed by atoms with Gasteiger partial charge in [0.15, 0.2) is 6.10 Å². The average molecular weight is 1080 g/mol. The molecule has 0 heterocycles. The first-order chi connectivity index (χ1) is 38.0. The predicted octanol–water partition coefficient (Wildman–Crippen LogP) is 23.1. The van der Waals surface area contributed by atoms with Gasteiger partial charge >= 0.3 is 17.9 Å². The van der Waals surface area contributed by atoms with Crippen LogP contribution in [0.2, 0.25) is 0 Å². The molecule has 0 bridgehead atoms. The zero-order valence-electron chi connectivity index (χ0n) is 51.5. The van der Waals surface area contributed by atoms with Gasteiger partial charge in [0, 0.05) is 19.3 Å². The lowest BCUT2D eigenvalue weighted by Gasteiger charge is -2.18. The third kappa shape index (κ3) is 63.8. The molecule has 0 aromatic heterocycles. The monoisotopic (exact) mass is 1080 g/mol. The van der Waals surface area contributed by atoms with E-state index in [9.17, 15) is 14.4 Å². The zero-order chi connectivity index (χ0) is 55.7. The van der Waals surface area contributed by atoms with Gasteiger partial charge in [0.25, 0.3) is 0 Å². The Morgan fingerprint density at radius 3 is 0.779 bits per heavy atom. The van der Waals surface area contributed by atoms with Gasteiger partial charge in [0.05, 0.1) is 0 Å². The van der Waals surface area contributed by atoms with Crippen LogP contribution < -0.4 is 0 Å². The Bertz CT molecular complexity index is 1380. The van der Waals surface area contributed by atoms with Gasteiger partial charge in [0.2, 0.25) is 0 Å². The summed E-state index contributed by atoms with van der Waals surface area (Å²) in [4.78, 5) is 38.3. The summed E-state index contributed by atoms with van der Waals surface area (Å²) in [6.07, 6.45) is 83.8. The SMILES string of the molecule is CCC/C=C\C/C=C\CCCCCCCC(=O)OCC(COC(=O)CCCCCCCCCCCCCC/C=C\C/C=C\C/C=C\CCCCCCC)OC(=O)CCCCCCCCCCCCCCCCCCCCC. The number of unbranched alkanes of at least 4 members (excludes halogenated alkanes) is 41. The van der Waals surface area contributed by atoms with Crippen molar-refractivity contribution in [3.8, 4) is 0 Å². The molecule has 0 N–H and O–H groups in total. The molecule has 0 aliphatic carbocycles. The molecule has 1 unspecified atom stereocenters. The van der Waals surface area contributed by atoms with E-state index in [1.165, 1.54) is 218 Å². The second-order valence-corrected chi connectivity index (χ2v) is 22.7. The number of hydrogen-bond acceptors (Lipinski definition) is 6. The van der Waals surface area contributed by atoms with Crippen molar-refractivity contribution < 1.29 is 28.6 Å². The molecule has 0 amide bonds. The molecule has 0 radical (unpaired) electrons. The fraction of sp³-hybridized carbons (Fsp3) is 0.817. The van der Waals surface area contributed by atoms with Crippen molar-refractivity contribution >= 4 is 17.9 Å². The van der Waals surface area contributed by atoms with Crippen molar-refractivity contribution in [2.24, 2.45) is 0 Å². The van der Waals surface area contributed by atoms with Crippen LogP contribution in [0.1, 0.15) is 355 Å². The predicted molar refractivity (Wildman–Crippen MR) is 335 cm³/mol. The highest BCUT2D eigenvalue weighted by Crippen LogP contribution is 2.18. The topological polar surface area (TPSA) is 78.9 Å². The summed E-state index contributed by atoms with van der Waals surface area (Å²) in [5, 5.41) is 0. The zero-order valence-corrected chi connectivity index (χ0v) is 51.5. The van der Waals surface area contributed by atoms with Gasteiger partial charge in [-0.15, -0.1) is 0 Å². The second-order valence-electron chi connectivity index (χ2n) is 22.7. The lowest BCUT2D eigenvalue weighted by molar-refractivity contribution is -0.167. The number of esters is 3. The normalized spacial score (nSPS) is 12.4. The Hall–Kier alpha value is -2.89. The molecular weight excluding hydrogens is 949 g/mol. The van der Waals surface area contributed by atoms with Crippen molar-refractivity contribution in [2.75, 3.05) is 13.2 Å². The van der Waals surface area contributed by atoms with Crippen LogP contribution in [-0.4, -0.2) is 37.2 Å². The fourth-order valence-electron chi connectivity index (χ4n) is 9.90. The molecule has 0 aromatic rings. The fourth-order valence-corrected chi connectivity index (χ4v) is 9.90. The van der Waals surface area contributed by atoms with Crippen LogP contribution in [0.4, 0.5) is 0 Å². The van der Waals surface area contributed by atoms with Crippen molar-refractivity contribution in [1.29, 1.82) is 0 Å². The standard InChI is InChI=1S/C71H128O6/c1-4-7-10-13-16-19-22-25-27-29-31-32-33-34-35-36-37-38-40-41-43-46-49-52-55-58-61-64-70(73)76-67-68(66-75-69(72)63-60-57-54-51-48-45-24-21-18-15-12-9-6-3)77-71(74)65-62-59-56-53-50-47-44-42-39-30-28-26-23-20-17-14-11-8-5-2/h12,15,21-22,24-25,29,31,33-34,68H,4-11,13-14,16-20,23,26-28,30,32,35-67H2,1-3H3/b15-12-,24-21-,25-22-,31-29-,34-33-. The lowest BCUT2D eigenvalue weighted by Crippen LogP contribution is -2.30. The number of carbonyl (C=O) groups is 3. The minimum Gasteiger partial charge on any atom is -0.462 e. The van der Waals surface area contributed by atoms with Gasteiger partial charge < -0.3 is 14.2 Å². The van der Waals surface area contributed by atoms with E-state index in [0.717, 1.165) is 96.3 Å². The number of rotatable bonds is 62. The molecule has 448 valence electrons. The lowest BCUT2D eigenvalue weighted by atomic mass is 10.0. The maximum Gasteiger partial charge on any atom is 0.306 e. The Balaban J connectivity index is 4.25. The van der Waals surface area contributed by atoms with Crippen LogP contribution in [0.25, 0.3) is 0 Å². The smallest absolute Gasteiger partial charge is 0.306 e. The molecule has 0 spiro atoms. The van der Waals surface area contributed by atoms with Crippen LogP contribution in [-0.2, 0) is 28.6 Å². The summed E-state index contributed by atoms with van der Waals surface area (Å²) >= 11 is 0. The third-order valence-corrected chi connectivity index (χ3v) is 15.0. The Morgan fingerprint density at radius 1 is 0.260 bits per heavy atom. The van der Waals surface area contributed by atoms with Gasteiger partial charge in [-0.3, -0.25) is 14.4 Å². The molecule has 0 aliphatic heterocycles. The first-order valence-corrected chi connectivity index (χ1v) is 33.8. The third-order valence-electron chi connectivity index (χ3n) is 15.0. The molecule has 0 saturated heterocycles. The summed E-state index contributed by atoms with van der Waals surface area (Å²) in [7, 11) is 0.